The standard InChI is InChI=1S/C22H22FN5O2/c23-17-11-25-22(26-12-17)27-9-7-19(8-10-27)28(18-5-6-18)21(29)16-3-1-15(2-4-16)20-13-24-14-30-20/h1-4,11-14,18-19H,5-10H2. The molecule has 8 heteroatoms. The number of rotatable bonds is 5. The summed E-state index contributed by atoms with van der Waals surface area (Å²) in [7, 11) is 0. The number of piperidine rings is 1. The van der Waals surface area contributed by atoms with E-state index in [1.54, 1.807) is 6.20 Å². The van der Waals surface area contributed by atoms with Crippen molar-refractivity contribution < 1.29 is 13.6 Å². The third-order valence-electron chi connectivity index (χ3n) is 5.77. The fraction of sp³-hybridized carbons (Fsp3) is 0.364. The summed E-state index contributed by atoms with van der Waals surface area (Å²) in [6, 6.07) is 8.02. The van der Waals surface area contributed by atoms with Gasteiger partial charge in [-0.1, -0.05) is 12.1 Å². The van der Waals surface area contributed by atoms with Crippen molar-refractivity contribution in [3.63, 3.8) is 0 Å². The third-order valence-corrected chi connectivity index (χ3v) is 5.77. The van der Waals surface area contributed by atoms with Gasteiger partial charge in [-0.15, -0.1) is 0 Å². The number of hydrogen-bond acceptors (Lipinski definition) is 6. The Labute approximate surface area is 173 Å². The molecule has 1 aliphatic heterocycles. The maximum Gasteiger partial charge on any atom is 0.254 e. The van der Waals surface area contributed by atoms with Gasteiger partial charge in [0, 0.05) is 36.3 Å². The first-order valence-electron chi connectivity index (χ1n) is 10.2. The Morgan fingerprint density at radius 2 is 1.67 bits per heavy atom. The molecule has 5 rings (SSSR count). The number of halogens is 1. The first-order valence-corrected chi connectivity index (χ1v) is 10.2. The summed E-state index contributed by atoms with van der Waals surface area (Å²) >= 11 is 0. The maximum absolute atomic E-state index is 13.3. The van der Waals surface area contributed by atoms with E-state index in [9.17, 15) is 9.18 Å². The molecule has 7 nitrogen and oxygen atoms in total. The molecule has 0 atom stereocenters. The predicted octanol–water partition coefficient (Wildman–Crippen LogP) is 3.54. The van der Waals surface area contributed by atoms with Crippen molar-refractivity contribution in [3.8, 4) is 11.3 Å². The van der Waals surface area contributed by atoms with Crippen LogP contribution in [0.25, 0.3) is 11.3 Å². The first kappa shape index (κ1) is 18.7. The molecule has 0 bridgehead atoms. The summed E-state index contributed by atoms with van der Waals surface area (Å²) in [5, 5.41) is 0. The van der Waals surface area contributed by atoms with E-state index < -0.39 is 5.82 Å². The number of anilines is 1. The average molecular weight is 407 g/mol. The number of carbonyl (C=O) groups is 1. The zero-order chi connectivity index (χ0) is 20.5. The molecule has 1 aliphatic carbocycles. The SMILES string of the molecule is O=C(c1ccc(-c2cnco2)cc1)N(C1CC1)C1CCN(c2ncc(F)cn2)CC1. The molecular formula is C22H22FN5O2. The van der Waals surface area contributed by atoms with E-state index in [-0.39, 0.29) is 11.9 Å². The summed E-state index contributed by atoms with van der Waals surface area (Å²) < 4.78 is 18.4. The van der Waals surface area contributed by atoms with Gasteiger partial charge >= 0.3 is 0 Å². The molecule has 154 valence electrons. The summed E-state index contributed by atoms with van der Waals surface area (Å²) in [6.45, 7) is 1.49. The highest BCUT2D eigenvalue weighted by Gasteiger charge is 2.39. The zero-order valence-electron chi connectivity index (χ0n) is 16.4. The van der Waals surface area contributed by atoms with E-state index in [1.807, 2.05) is 24.3 Å². The molecule has 1 saturated carbocycles. The number of nitrogens with zero attached hydrogens (tertiary/aromatic N) is 5. The van der Waals surface area contributed by atoms with Gasteiger partial charge in [-0.2, -0.15) is 0 Å². The van der Waals surface area contributed by atoms with Crippen molar-refractivity contribution >= 4 is 11.9 Å². The molecule has 2 aromatic heterocycles. The summed E-state index contributed by atoms with van der Waals surface area (Å²) in [5.74, 6) is 0.872. The van der Waals surface area contributed by atoms with Gasteiger partial charge in [0.15, 0.2) is 18.0 Å². The largest absolute Gasteiger partial charge is 0.444 e. The molecule has 3 heterocycles. The van der Waals surface area contributed by atoms with Crippen LogP contribution < -0.4 is 4.90 Å². The second-order valence-electron chi connectivity index (χ2n) is 7.81. The van der Waals surface area contributed by atoms with Crippen molar-refractivity contribution in [1.82, 2.24) is 19.9 Å². The fourth-order valence-electron chi connectivity index (χ4n) is 4.08. The molecule has 0 radical (unpaired) electrons. The molecule has 0 spiro atoms. The number of hydrogen-bond donors (Lipinski definition) is 0. The Morgan fingerprint density at radius 1 is 1.00 bits per heavy atom. The predicted molar refractivity (Wildman–Crippen MR) is 108 cm³/mol. The van der Waals surface area contributed by atoms with E-state index in [4.69, 9.17) is 4.42 Å². The van der Waals surface area contributed by atoms with Crippen LogP contribution in [-0.2, 0) is 0 Å². The summed E-state index contributed by atoms with van der Waals surface area (Å²) in [5.41, 5.74) is 1.59. The Morgan fingerprint density at radius 3 is 2.27 bits per heavy atom. The first-order chi connectivity index (χ1) is 14.7. The van der Waals surface area contributed by atoms with Gasteiger partial charge < -0.3 is 14.2 Å². The normalized spacial score (nSPS) is 17.2. The van der Waals surface area contributed by atoms with Crippen LogP contribution in [0.1, 0.15) is 36.0 Å². The second kappa shape index (κ2) is 7.85. The van der Waals surface area contributed by atoms with Crippen LogP contribution >= 0.6 is 0 Å². The van der Waals surface area contributed by atoms with Crippen molar-refractivity contribution in [2.45, 2.75) is 37.8 Å². The van der Waals surface area contributed by atoms with Crippen LogP contribution in [0.5, 0.6) is 0 Å². The number of benzene rings is 1. The molecule has 2 fully saturated rings. The minimum Gasteiger partial charge on any atom is -0.444 e. The molecule has 1 saturated heterocycles. The lowest BCUT2D eigenvalue weighted by atomic mass is 10.0. The van der Waals surface area contributed by atoms with Gasteiger partial charge in [0.25, 0.3) is 5.91 Å². The lowest BCUT2D eigenvalue weighted by Crippen LogP contribution is -2.48. The molecular weight excluding hydrogens is 385 g/mol. The van der Waals surface area contributed by atoms with Crippen molar-refractivity contribution in [2.75, 3.05) is 18.0 Å². The van der Waals surface area contributed by atoms with Crippen LogP contribution in [-0.4, -0.2) is 50.9 Å². The van der Waals surface area contributed by atoms with E-state index in [1.165, 1.54) is 18.8 Å². The summed E-state index contributed by atoms with van der Waals surface area (Å²) in [6.07, 6.45) is 9.25. The van der Waals surface area contributed by atoms with E-state index in [0.717, 1.165) is 44.3 Å². The molecule has 1 amide bonds. The minimum atomic E-state index is -0.437. The van der Waals surface area contributed by atoms with E-state index >= 15 is 0 Å². The zero-order valence-corrected chi connectivity index (χ0v) is 16.4. The quantitative estimate of drug-likeness (QED) is 0.644. The average Bonchev–Trinajstić information content (AvgIpc) is 3.46. The van der Waals surface area contributed by atoms with Crippen LogP contribution in [0.15, 0.2) is 53.7 Å². The smallest absolute Gasteiger partial charge is 0.254 e. The molecule has 30 heavy (non-hydrogen) atoms. The van der Waals surface area contributed by atoms with Crippen molar-refractivity contribution in [1.29, 1.82) is 0 Å². The number of amides is 1. The number of oxazole rings is 1. The van der Waals surface area contributed by atoms with Gasteiger partial charge in [0.1, 0.15) is 0 Å². The second-order valence-corrected chi connectivity index (χ2v) is 7.81. The Kier molecular flexibility index (Phi) is 4.90. The highest BCUT2D eigenvalue weighted by atomic mass is 19.1. The monoisotopic (exact) mass is 407 g/mol. The Hall–Kier alpha value is -3.29. The molecule has 3 aromatic rings. The lowest BCUT2D eigenvalue weighted by molar-refractivity contribution is 0.0630. The number of aromatic nitrogens is 3. The molecule has 1 aromatic carbocycles. The van der Waals surface area contributed by atoms with Gasteiger partial charge in [-0.05, 0) is 37.8 Å². The van der Waals surface area contributed by atoms with Crippen LogP contribution in [0, 0.1) is 5.82 Å². The Bertz CT molecular complexity index is 995. The van der Waals surface area contributed by atoms with Gasteiger partial charge in [0.05, 0.1) is 18.6 Å². The van der Waals surface area contributed by atoms with Crippen molar-refractivity contribution in [3.05, 3.63) is 60.6 Å². The van der Waals surface area contributed by atoms with E-state index in [2.05, 4.69) is 24.8 Å². The lowest BCUT2D eigenvalue weighted by Gasteiger charge is -2.39. The molecule has 0 unspecified atom stereocenters. The summed E-state index contributed by atoms with van der Waals surface area (Å²) in [4.78, 5) is 29.5. The topological polar surface area (TPSA) is 75.4 Å². The van der Waals surface area contributed by atoms with Crippen LogP contribution in [0.2, 0.25) is 0 Å². The highest BCUT2D eigenvalue weighted by molar-refractivity contribution is 5.95. The Balaban J connectivity index is 1.28. The fourth-order valence-corrected chi connectivity index (χ4v) is 4.08. The van der Waals surface area contributed by atoms with Crippen molar-refractivity contribution in [2.24, 2.45) is 0 Å². The maximum atomic E-state index is 13.3. The number of carbonyl (C=O) groups excluding carboxylic acids is 1. The van der Waals surface area contributed by atoms with Gasteiger partial charge in [0.2, 0.25) is 5.95 Å². The third kappa shape index (κ3) is 3.77. The van der Waals surface area contributed by atoms with Crippen LogP contribution in [0.4, 0.5) is 10.3 Å². The van der Waals surface area contributed by atoms with Gasteiger partial charge in [-0.3, -0.25) is 4.79 Å². The molecule has 2 aliphatic rings. The minimum absolute atomic E-state index is 0.0816. The van der Waals surface area contributed by atoms with Crippen LogP contribution in [0.3, 0.4) is 0 Å². The van der Waals surface area contributed by atoms with Gasteiger partial charge in [-0.25, -0.2) is 19.3 Å². The van der Waals surface area contributed by atoms with E-state index in [0.29, 0.717) is 23.3 Å². The highest BCUT2D eigenvalue weighted by Crippen LogP contribution is 2.34. The molecule has 0 N–H and O–H groups in total.